The zero-order chi connectivity index (χ0) is 27.8. The van der Waals surface area contributed by atoms with Crippen LogP contribution in [0.5, 0.6) is 5.75 Å². The second-order valence-electron chi connectivity index (χ2n) is 10.1. The topological polar surface area (TPSA) is 87.7 Å². The number of aromatic nitrogens is 2. The Morgan fingerprint density at radius 3 is 2.31 bits per heavy atom. The molecule has 0 saturated carbocycles. The first kappa shape index (κ1) is 28.2. The zero-order valence-corrected chi connectivity index (χ0v) is 23.4. The Kier molecular flexibility index (Phi) is 9.30. The number of aryl methyl sites for hydroxylation is 1. The Balaban J connectivity index is 1.36. The number of hydrogen-bond donors (Lipinski definition) is 1. The highest BCUT2D eigenvalue weighted by Crippen LogP contribution is 2.42. The van der Waals surface area contributed by atoms with E-state index in [1.807, 2.05) is 56.7 Å². The van der Waals surface area contributed by atoms with E-state index in [1.54, 1.807) is 30.1 Å². The number of pyridine rings is 2. The average molecular weight is 530 g/mol. The largest absolute Gasteiger partial charge is 0.493 e. The molecule has 3 heterocycles. The van der Waals surface area contributed by atoms with E-state index in [4.69, 9.17) is 4.74 Å². The molecule has 3 aromatic rings. The maximum atomic E-state index is 13.4. The molecule has 2 amide bonds. The summed E-state index contributed by atoms with van der Waals surface area (Å²) in [5.74, 6) is 0.352. The fourth-order valence-electron chi connectivity index (χ4n) is 5.33. The molecule has 1 unspecified atom stereocenters. The van der Waals surface area contributed by atoms with Crippen LogP contribution in [-0.2, 0) is 16.0 Å². The lowest BCUT2D eigenvalue weighted by Crippen LogP contribution is -2.49. The van der Waals surface area contributed by atoms with Gasteiger partial charge in [0.2, 0.25) is 11.8 Å². The Labute approximate surface area is 231 Å². The molecular formula is C31H39N5O3. The second kappa shape index (κ2) is 12.8. The van der Waals surface area contributed by atoms with Crippen LogP contribution in [0.3, 0.4) is 0 Å². The molecular weight excluding hydrogens is 490 g/mol. The van der Waals surface area contributed by atoms with Gasteiger partial charge >= 0.3 is 0 Å². The molecule has 0 saturated heterocycles. The quantitative estimate of drug-likeness (QED) is 0.264. The number of carbonyl (C=O) groups excluding carboxylic acids is 2. The van der Waals surface area contributed by atoms with E-state index in [0.29, 0.717) is 36.6 Å². The van der Waals surface area contributed by atoms with Gasteiger partial charge in [0, 0.05) is 51.0 Å². The van der Waals surface area contributed by atoms with Crippen LogP contribution in [-0.4, -0.2) is 49.0 Å². The summed E-state index contributed by atoms with van der Waals surface area (Å²) >= 11 is 0. The normalized spacial score (nSPS) is 15.6. The number of hydrogen-bond acceptors (Lipinski definition) is 6. The molecule has 2 aromatic heterocycles. The molecule has 0 bridgehead atoms. The van der Waals surface area contributed by atoms with Gasteiger partial charge in [-0.15, -0.1) is 0 Å². The van der Waals surface area contributed by atoms with Gasteiger partial charge in [0.15, 0.2) is 0 Å². The van der Waals surface area contributed by atoms with Crippen molar-refractivity contribution in [1.82, 2.24) is 15.3 Å². The molecule has 39 heavy (non-hydrogen) atoms. The number of nitrogens with one attached hydrogen (secondary N) is 1. The van der Waals surface area contributed by atoms with Crippen molar-refractivity contribution in [2.45, 2.75) is 52.0 Å². The first-order valence-corrected chi connectivity index (χ1v) is 13.8. The molecule has 1 aliphatic heterocycles. The number of rotatable bonds is 12. The summed E-state index contributed by atoms with van der Waals surface area (Å²) in [7, 11) is 3.49. The van der Waals surface area contributed by atoms with E-state index in [2.05, 4.69) is 33.5 Å². The number of fused-ring (bicyclic) bond motifs is 1. The number of amides is 2. The molecule has 206 valence electrons. The molecule has 0 radical (unpaired) electrons. The average Bonchev–Trinajstić information content (AvgIpc) is 3.04. The van der Waals surface area contributed by atoms with Crippen molar-refractivity contribution >= 4 is 23.2 Å². The minimum Gasteiger partial charge on any atom is -0.493 e. The van der Waals surface area contributed by atoms with Crippen molar-refractivity contribution in [1.29, 1.82) is 0 Å². The SMILES string of the molecule is CCC1(CC)C(=O)N(C)c2ccc(OCCCNC(CCc3cccnc3)c3ccncc3)cc2N(C)C1=O. The number of benzene rings is 1. The lowest BCUT2D eigenvalue weighted by atomic mass is 9.79. The van der Waals surface area contributed by atoms with Crippen molar-refractivity contribution in [3.63, 3.8) is 0 Å². The molecule has 1 aliphatic rings. The fourth-order valence-corrected chi connectivity index (χ4v) is 5.33. The molecule has 0 aliphatic carbocycles. The summed E-state index contributed by atoms with van der Waals surface area (Å²) in [5, 5.41) is 3.67. The zero-order valence-electron chi connectivity index (χ0n) is 23.4. The lowest BCUT2D eigenvalue weighted by Gasteiger charge is -2.31. The summed E-state index contributed by atoms with van der Waals surface area (Å²) in [6.07, 6.45) is 11.0. The Morgan fingerprint density at radius 2 is 1.64 bits per heavy atom. The first-order chi connectivity index (χ1) is 18.9. The first-order valence-electron chi connectivity index (χ1n) is 13.8. The summed E-state index contributed by atoms with van der Waals surface area (Å²) in [5.41, 5.74) is 2.78. The van der Waals surface area contributed by atoms with Gasteiger partial charge in [-0.1, -0.05) is 19.9 Å². The van der Waals surface area contributed by atoms with Crippen LogP contribution < -0.4 is 19.9 Å². The van der Waals surface area contributed by atoms with Crippen LogP contribution in [0, 0.1) is 5.41 Å². The highest BCUT2D eigenvalue weighted by Gasteiger charge is 2.49. The lowest BCUT2D eigenvalue weighted by molar-refractivity contribution is -0.140. The van der Waals surface area contributed by atoms with Crippen LogP contribution in [0.4, 0.5) is 11.4 Å². The van der Waals surface area contributed by atoms with E-state index in [1.165, 1.54) is 11.1 Å². The summed E-state index contributed by atoms with van der Waals surface area (Å²) < 4.78 is 6.08. The molecule has 8 heteroatoms. The van der Waals surface area contributed by atoms with Gasteiger partial charge in [-0.05, 0) is 80.1 Å². The van der Waals surface area contributed by atoms with Gasteiger partial charge in [0.1, 0.15) is 11.2 Å². The molecule has 0 fully saturated rings. The Morgan fingerprint density at radius 1 is 0.923 bits per heavy atom. The van der Waals surface area contributed by atoms with Crippen LogP contribution in [0.2, 0.25) is 0 Å². The third-order valence-corrected chi connectivity index (χ3v) is 7.84. The maximum absolute atomic E-state index is 13.4. The molecule has 8 nitrogen and oxygen atoms in total. The number of anilines is 2. The van der Waals surface area contributed by atoms with Gasteiger partial charge in [-0.2, -0.15) is 0 Å². The predicted octanol–water partition coefficient (Wildman–Crippen LogP) is 4.95. The summed E-state index contributed by atoms with van der Waals surface area (Å²) in [6, 6.07) is 14.0. The van der Waals surface area contributed by atoms with Crippen molar-refractivity contribution in [3.05, 3.63) is 78.4 Å². The number of nitrogens with zero attached hydrogens (tertiary/aromatic N) is 4. The van der Waals surface area contributed by atoms with Crippen LogP contribution in [0.1, 0.15) is 56.7 Å². The minimum atomic E-state index is -1.04. The van der Waals surface area contributed by atoms with E-state index in [-0.39, 0.29) is 17.9 Å². The summed E-state index contributed by atoms with van der Waals surface area (Å²) in [6.45, 7) is 5.11. The van der Waals surface area contributed by atoms with E-state index in [9.17, 15) is 9.59 Å². The standard InChI is InChI=1S/C31H39N5O3/c1-5-31(6-2)29(37)35(3)27-13-11-25(21-28(27)36(4)30(31)38)39-20-8-17-34-26(24-14-18-32-19-15-24)12-10-23-9-7-16-33-22-23/h7,9,11,13-16,18-19,21-22,26,34H,5-6,8,10,12,17,20H2,1-4H3. The summed E-state index contributed by atoms with van der Waals surface area (Å²) in [4.78, 5) is 38.3. The van der Waals surface area contributed by atoms with Gasteiger partial charge in [0.05, 0.1) is 18.0 Å². The molecule has 1 aromatic carbocycles. The smallest absolute Gasteiger partial charge is 0.242 e. The van der Waals surface area contributed by atoms with Crippen LogP contribution >= 0.6 is 0 Å². The van der Waals surface area contributed by atoms with Gasteiger partial charge in [0.25, 0.3) is 0 Å². The third kappa shape index (κ3) is 6.11. The van der Waals surface area contributed by atoms with Crippen molar-refractivity contribution < 1.29 is 14.3 Å². The second-order valence-corrected chi connectivity index (χ2v) is 10.1. The Hall–Kier alpha value is -3.78. The molecule has 1 N–H and O–H groups in total. The highest BCUT2D eigenvalue weighted by atomic mass is 16.5. The maximum Gasteiger partial charge on any atom is 0.242 e. The van der Waals surface area contributed by atoms with Gasteiger partial charge in [-0.25, -0.2) is 0 Å². The van der Waals surface area contributed by atoms with Gasteiger partial charge in [-0.3, -0.25) is 19.6 Å². The van der Waals surface area contributed by atoms with Crippen LogP contribution in [0.25, 0.3) is 0 Å². The number of carbonyl (C=O) groups is 2. The minimum absolute atomic E-state index is 0.157. The van der Waals surface area contributed by atoms with Crippen molar-refractivity contribution in [2.24, 2.45) is 5.41 Å². The molecule has 1 atom stereocenters. The van der Waals surface area contributed by atoms with Gasteiger partial charge < -0.3 is 19.9 Å². The number of ether oxygens (including phenoxy) is 1. The van der Waals surface area contributed by atoms with Crippen molar-refractivity contribution in [3.8, 4) is 5.75 Å². The van der Waals surface area contributed by atoms with Crippen LogP contribution in [0.15, 0.2) is 67.3 Å². The third-order valence-electron chi connectivity index (χ3n) is 7.84. The fraction of sp³-hybridized carbons (Fsp3) is 0.419. The predicted molar refractivity (Wildman–Crippen MR) is 154 cm³/mol. The highest BCUT2D eigenvalue weighted by molar-refractivity contribution is 6.20. The van der Waals surface area contributed by atoms with E-state index < -0.39 is 5.41 Å². The molecule has 0 spiro atoms. The Bertz CT molecular complexity index is 1250. The monoisotopic (exact) mass is 529 g/mol. The van der Waals surface area contributed by atoms with Crippen molar-refractivity contribution in [2.75, 3.05) is 37.0 Å². The van der Waals surface area contributed by atoms with E-state index in [0.717, 1.165) is 25.8 Å². The van der Waals surface area contributed by atoms with E-state index >= 15 is 0 Å². The molecule has 4 rings (SSSR count).